The van der Waals surface area contributed by atoms with Crippen LogP contribution in [0.15, 0.2) is 30.3 Å². The molecule has 1 atom stereocenters. The largest absolute Gasteiger partial charge is 0.329 e. The molecule has 1 rings (SSSR count). The molecule has 2 heteroatoms. The van der Waals surface area contributed by atoms with Gasteiger partial charge in [-0.1, -0.05) is 30.3 Å². The van der Waals surface area contributed by atoms with Gasteiger partial charge in [0, 0.05) is 18.1 Å². The second-order valence-corrected chi connectivity index (χ2v) is 5.39. The van der Waals surface area contributed by atoms with Crippen molar-refractivity contribution in [3.8, 4) is 0 Å². The Morgan fingerprint density at radius 2 is 1.82 bits per heavy atom. The molecule has 1 aromatic rings. The van der Waals surface area contributed by atoms with Crippen molar-refractivity contribution in [2.75, 3.05) is 13.6 Å². The molecule has 0 bridgehead atoms. The second kappa shape index (κ2) is 6.18. The fourth-order valence-electron chi connectivity index (χ4n) is 2.10. The molecular weight excluding hydrogens is 208 g/mol. The number of likely N-dealkylation sites (N-methyl/N-ethyl adjacent to an activating group) is 1. The number of benzene rings is 1. The molecule has 0 radical (unpaired) electrons. The highest BCUT2D eigenvalue weighted by Crippen LogP contribution is 2.21. The van der Waals surface area contributed by atoms with Crippen molar-refractivity contribution in [3.63, 3.8) is 0 Å². The highest BCUT2D eigenvalue weighted by molar-refractivity contribution is 5.15. The molecule has 0 amide bonds. The van der Waals surface area contributed by atoms with E-state index < -0.39 is 0 Å². The van der Waals surface area contributed by atoms with Crippen LogP contribution in [0.4, 0.5) is 0 Å². The van der Waals surface area contributed by atoms with Gasteiger partial charge in [0.15, 0.2) is 0 Å². The van der Waals surface area contributed by atoms with Crippen LogP contribution < -0.4 is 5.73 Å². The van der Waals surface area contributed by atoms with Gasteiger partial charge >= 0.3 is 0 Å². The molecule has 0 aliphatic heterocycles. The van der Waals surface area contributed by atoms with E-state index in [1.807, 2.05) is 0 Å². The van der Waals surface area contributed by atoms with Crippen LogP contribution in [0.3, 0.4) is 0 Å². The van der Waals surface area contributed by atoms with Crippen LogP contribution in [-0.2, 0) is 6.42 Å². The lowest BCUT2D eigenvalue weighted by Crippen LogP contribution is -2.52. The van der Waals surface area contributed by atoms with Crippen LogP contribution in [0.2, 0.25) is 0 Å². The van der Waals surface area contributed by atoms with Gasteiger partial charge in [-0.2, -0.15) is 0 Å². The van der Waals surface area contributed by atoms with Gasteiger partial charge in [0.05, 0.1) is 0 Å². The molecule has 2 N–H and O–H groups in total. The summed E-state index contributed by atoms with van der Waals surface area (Å²) in [5, 5.41) is 0. The Hall–Kier alpha value is -0.860. The van der Waals surface area contributed by atoms with Gasteiger partial charge in [-0.05, 0) is 46.2 Å². The van der Waals surface area contributed by atoms with Gasteiger partial charge in [-0.25, -0.2) is 0 Å². The zero-order valence-electron chi connectivity index (χ0n) is 11.6. The van der Waals surface area contributed by atoms with Gasteiger partial charge in [-0.3, -0.25) is 4.90 Å². The quantitative estimate of drug-likeness (QED) is 0.820. The van der Waals surface area contributed by atoms with Crippen molar-refractivity contribution in [1.82, 2.24) is 4.90 Å². The summed E-state index contributed by atoms with van der Waals surface area (Å²) in [5.74, 6) is 0. The third kappa shape index (κ3) is 3.83. The standard InChI is InChI=1S/C15H26N2/c1-13(2)17(4)15(3,12-16)11-10-14-8-6-5-7-9-14/h5-9,13H,10-12,16H2,1-4H3. The molecule has 0 aliphatic carbocycles. The van der Waals surface area contributed by atoms with E-state index in [-0.39, 0.29) is 5.54 Å². The lowest BCUT2D eigenvalue weighted by Gasteiger charge is -2.41. The van der Waals surface area contributed by atoms with Crippen molar-refractivity contribution in [3.05, 3.63) is 35.9 Å². The van der Waals surface area contributed by atoms with Gasteiger partial charge < -0.3 is 5.73 Å². The molecular formula is C15H26N2. The number of hydrogen-bond acceptors (Lipinski definition) is 2. The molecule has 0 saturated heterocycles. The first kappa shape index (κ1) is 14.2. The summed E-state index contributed by atoms with van der Waals surface area (Å²) in [5.41, 5.74) is 7.45. The number of aryl methyl sites for hydroxylation is 1. The van der Waals surface area contributed by atoms with Crippen LogP contribution >= 0.6 is 0 Å². The topological polar surface area (TPSA) is 29.3 Å². The van der Waals surface area contributed by atoms with E-state index in [0.29, 0.717) is 12.6 Å². The van der Waals surface area contributed by atoms with E-state index in [4.69, 9.17) is 5.73 Å². The molecule has 17 heavy (non-hydrogen) atoms. The highest BCUT2D eigenvalue weighted by Gasteiger charge is 2.28. The van der Waals surface area contributed by atoms with Crippen molar-refractivity contribution in [2.45, 2.75) is 45.2 Å². The Balaban J connectivity index is 2.64. The van der Waals surface area contributed by atoms with Crippen LogP contribution in [-0.4, -0.2) is 30.1 Å². The van der Waals surface area contributed by atoms with Crippen LogP contribution in [0.25, 0.3) is 0 Å². The third-order valence-electron chi connectivity index (χ3n) is 3.86. The molecule has 0 spiro atoms. The maximum atomic E-state index is 5.97. The van der Waals surface area contributed by atoms with Crippen molar-refractivity contribution in [1.29, 1.82) is 0 Å². The number of nitrogens with two attached hydrogens (primary N) is 1. The summed E-state index contributed by atoms with van der Waals surface area (Å²) in [6, 6.07) is 11.2. The van der Waals surface area contributed by atoms with Crippen molar-refractivity contribution < 1.29 is 0 Å². The summed E-state index contributed by atoms with van der Waals surface area (Å²) in [7, 11) is 2.17. The fourth-order valence-corrected chi connectivity index (χ4v) is 2.10. The Morgan fingerprint density at radius 3 is 2.29 bits per heavy atom. The minimum atomic E-state index is 0.0873. The first-order valence-electron chi connectivity index (χ1n) is 6.46. The van der Waals surface area contributed by atoms with E-state index >= 15 is 0 Å². The predicted octanol–water partition coefficient (Wildman–Crippen LogP) is 2.68. The van der Waals surface area contributed by atoms with Crippen LogP contribution in [0.5, 0.6) is 0 Å². The van der Waals surface area contributed by atoms with Crippen LogP contribution in [0.1, 0.15) is 32.8 Å². The van der Waals surface area contributed by atoms with E-state index in [1.165, 1.54) is 5.56 Å². The zero-order chi connectivity index (χ0) is 12.9. The van der Waals surface area contributed by atoms with E-state index in [1.54, 1.807) is 0 Å². The molecule has 0 aliphatic rings. The minimum Gasteiger partial charge on any atom is -0.329 e. The van der Waals surface area contributed by atoms with Crippen molar-refractivity contribution in [2.24, 2.45) is 5.73 Å². The predicted molar refractivity (Wildman–Crippen MR) is 75.1 cm³/mol. The average molecular weight is 234 g/mol. The fraction of sp³-hybridized carbons (Fsp3) is 0.600. The SMILES string of the molecule is CC(C)N(C)C(C)(CN)CCc1ccccc1. The molecule has 1 unspecified atom stereocenters. The summed E-state index contributed by atoms with van der Waals surface area (Å²) in [6.45, 7) is 7.40. The molecule has 2 nitrogen and oxygen atoms in total. The summed E-state index contributed by atoms with van der Waals surface area (Å²) >= 11 is 0. The van der Waals surface area contributed by atoms with Gasteiger partial charge in [0.1, 0.15) is 0 Å². The number of hydrogen-bond donors (Lipinski definition) is 1. The molecule has 0 saturated carbocycles. The molecule has 0 aromatic heterocycles. The Bertz CT molecular complexity index is 321. The van der Waals surface area contributed by atoms with Crippen LogP contribution in [0, 0.1) is 0 Å². The maximum Gasteiger partial charge on any atom is 0.0306 e. The number of rotatable bonds is 6. The van der Waals surface area contributed by atoms with Gasteiger partial charge in [-0.15, -0.1) is 0 Å². The Labute approximate surface area is 106 Å². The average Bonchev–Trinajstić information content (AvgIpc) is 2.36. The Kier molecular flexibility index (Phi) is 5.16. The van der Waals surface area contributed by atoms with E-state index in [2.05, 4.69) is 63.1 Å². The first-order chi connectivity index (χ1) is 7.99. The monoisotopic (exact) mass is 234 g/mol. The summed E-state index contributed by atoms with van der Waals surface area (Å²) in [6.07, 6.45) is 2.19. The Morgan fingerprint density at radius 1 is 1.24 bits per heavy atom. The molecule has 0 heterocycles. The number of nitrogens with zero attached hydrogens (tertiary/aromatic N) is 1. The molecule has 96 valence electrons. The normalized spacial score (nSPS) is 15.2. The first-order valence-corrected chi connectivity index (χ1v) is 6.46. The lowest BCUT2D eigenvalue weighted by atomic mass is 9.90. The van der Waals surface area contributed by atoms with E-state index in [0.717, 1.165) is 12.8 Å². The van der Waals surface area contributed by atoms with E-state index in [9.17, 15) is 0 Å². The van der Waals surface area contributed by atoms with Gasteiger partial charge in [0.2, 0.25) is 0 Å². The smallest absolute Gasteiger partial charge is 0.0306 e. The molecule has 1 aromatic carbocycles. The van der Waals surface area contributed by atoms with Crippen molar-refractivity contribution >= 4 is 0 Å². The summed E-state index contributed by atoms with van der Waals surface area (Å²) in [4.78, 5) is 2.38. The molecule has 0 fully saturated rings. The van der Waals surface area contributed by atoms with Gasteiger partial charge in [0.25, 0.3) is 0 Å². The maximum absolute atomic E-state index is 5.97. The highest BCUT2D eigenvalue weighted by atomic mass is 15.2. The minimum absolute atomic E-state index is 0.0873. The second-order valence-electron chi connectivity index (χ2n) is 5.39. The summed E-state index contributed by atoms with van der Waals surface area (Å²) < 4.78 is 0. The zero-order valence-corrected chi connectivity index (χ0v) is 11.6. The third-order valence-corrected chi connectivity index (χ3v) is 3.86. The lowest BCUT2D eigenvalue weighted by molar-refractivity contribution is 0.100.